The number of methoxy groups -OCH3 is 3. The van der Waals surface area contributed by atoms with E-state index < -0.39 is 72.2 Å². The van der Waals surface area contributed by atoms with Crippen LogP contribution in [0.5, 0.6) is 0 Å². The third-order valence-electron chi connectivity index (χ3n) is 16.4. The van der Waals surface area contributed by atoms with Crippen LogP contribution in [-0.4, -0.2) is 158 Å². The summed E-state index contributed by atoms with van der Waals surface area (Å²) >= 11 is 0. The first-order valence-corrected chi connectivity index (χ1v) is 24.0. The third kappa shape index (κ3) is 9.66. The average molecular weight is 901 g/mol. The highest BCUT2D eigenvalue weighted by Gasteiger charge is 2.63. The Labute approximate surface area is 374 Å². The molecule has 0 aliphatic carbocycles. The second-order valence-electron chi connectivity index (χ2n) is 20.4. The lowest BCUT2D eigenvalue weighted by Crippen LogP contribution is -2.67. The number of aliphatic carboxylic acids is 1. The summed E-state index contributed by atoms with van der Waals surface area (Å²) in [6.45, 7) is 17.7. The number of carboxylic acid groups (broad SMARTS) is 1. The Morgan fingerprint density at radius 3 is 2.10 bits per heavy atom. The van der Waals surface area contributed by atoms with Gasteiger partial charge in [-0.25, -0.2) is 0 Å². The summed E-state index contributed by atoms with van der Waals surface area (Å²) in [5, 5.41) is 33.1. The molecule has 0 amide bonds. The molecule has 24 unspecified atom stereocenters. The molecule has 1 spiro atoms. The Kier molecular flexibility index (Phi) is 15.7. The Bertz CT molecular complexity index is 1520. The van der Waals surface area contributed by atoms with E-state index in [0.29, 0.717) is 32.1 Å². The average Bonchev–Trinajstić information content (AvgIpc) is 3.97. The molecule has 0 aromatic heterocycles. The minimum Gasteiger partial charge on any atom is -0.481 e. The SMILES string of the molecule is CCOC1C(OC)C(C)C(CC2CC(OC)C(C)C3(O2)OC(C2OC(C4CCC(C5OC(C)(O)C(C)CC5C)O4)CC2OC2CCC(OC)C(C)O2)CC3C)OC1(O)C(C)C(=O)O. The largest absolute Gasteiger partial charge is 0.481 e. The predicted molar refractivity (Wildman–Crippen MR) is 226 cm³/mol. The van der Waals surface area contributed by atoms with Crippen LogP contribution in [0.15, 0.2) is 0 Å². The predicted octanol–water partition coefficient (Wildman–Crippen LogP) is 5.20. The molecule has 0 radical (unpaired) electrons. The van der Waals surface area contributed by atoms with Gasteiger partial charge in [-0.15, -0.1) is 0 Å². The van der Waals surface area contributed by atoms with E-state index in [-0.39, 0.29) is 85.0 Å². The number of hydrogen-bond acceptors (Lipinski definition) is 15. The molecule has 7 fully saturated rings. The molecule has 0 bridgehead atoms. The molecule has 7 rings (SSSR count). The normalized spacial score (nSPS) is 52.3. The van der Waals surface area contributed by atoms with E-state index >= 15 is 0 Å². The molecule has 63 heavy (non-hydrogen) atoms. The highest BCUT2D eigenvalue weighted by atomic mass is 16.7. The number of carboxylic acids is 1. The molecule has 7 aliphatic heterocycles. The van der Waals surface area contributed by atoms with Crippen LogP contribution in [0.4, 0.5) is 0 Å². The van der Waals surface area contributed by atoms with E-state index in [0.717, 1.165) is 25.7 Å². The molecule has 16 nitrogen and oxygen atoms in total. The lowest BCUT2D eigenvalue weighted by atomic mass is 9.77. The fourth-order valence-corrected chi connectivity index (χ4v) is 12.3. The van der Waals surface area contributed by atoms with Crippen molar-refractivity contribution < 1.29 is 77.0 Å². The van der Waals surface area contributed by atoms with Crippen molar-refractivity contribution in [3.63, 3.8) is 0 Å². The van der Waals surface area contributed by atoms with E-state index in [2.05, 4.69) is 20.8 Å². The Balaban J connectivity index is 1.10. The van der Waals surface area contributed by atoms with Gasteiger partial charge in [0.15, 0.2) is 17.9 Å². The van der Waals surface area contributed by atoms with E-state index in [1.54, 1.807) is 35.2 Å². The van der Waals surface area contributed by atoms with E-state index in [1.165, 1.54) is 6.92 Å². The van der Waals surface area contributed by atoms with Crippen molar-refractivity contribution in [1.82, 2.24) is 0 Å². The summed E-state index contributed by atoms with van der Waals surface area (Å²) in [5.41, 5.74) is 0. The fraction of sp³-hybridized carbons (Fsp3) is 0.979. The monoisotopic (exact) mass is 901 g/mol. The molecule has 364 valence electrons. The van der Waals surface area contributed by atoms with Crippen molar-refractivity contribution in [2.45, 2.75) is 229 Å². The van der Waals surface area contributed by atoms with Crippen molar-refractivity contribution in [2.75, 3.05) is 27.9 Å². The molecule has 0 aromatic carbocycles. The van der Waals surface area contributed by atoms with Crippen LogP contribution in [0.3, 0.4) is 0 Å². The van der Waals surface area contributed by atoms with Crippen LogP contribution in [0.1, 0.15) is 120 Å². The van der Waals surface area contributed by atoms with Crippen molar-refractivity contribution in [3.8, 4) is 0 Å². The summed E-state index contributed by atoms with van der Waals surface area (Å²) < 4.78 is 78.0. The van der Waals surface area contributed by atoms with Crippen molar-refractivity contribution in [1.29, 1.82) is 0 Å². The Morgan fingerprint density at radius 2 is 1.44 bits per heavy atom. The van der Waals surface area contributed by atoms with Crippen LogP contribution in [0, 0.1) is 35.5 Å². The number of ether oxygens (including phenoxy) is 12. The van der Waals surface area contributed by atoms with Gasteiger partial charge in [-0.1, -0.05) is 34.6 Å². The third-order valence-corrected chi connectivity index (χ3v) is 16.4. The minimum atomic E-state index is -2.15. The molecule has 0 aromatic rings. The number of aliphatic hydroxyl groups is 2. The van der Waals surface area contributed by atoms with Gasteiger partial charge in [0, 0.05) is 77.3 Å². The van der Waals surface area contributed by atoms with Crippen LogP contribution in [0.2, 0.25) is 0 Å². The molecule has 0 saturated carbocycles. The molecular formula is C47H80O16. The zero-order valence-corrected chi connectivity index (χ0v) is 39.8. The van der Waals surface area contributed by atoms with Gasteiger partial charge in [0.25, 0.3) is 0 Å². The number of carbonyl (C=O) groups is 1. The first-order valence-electron chi connectivity index (χ1n) is 24.0. The van der Waals surface area contributed by atoms with E-state index in [1.807, 2.05) is 20.8 Å². The zero-order valence-electron chi connectivity index (χ0n) is 39.8. The van der Waals surface area contributed by atoms with Crippen molar-refractivity contribution >= 4 is 5.97 Å². The van der Waals surface area contributed by atoms with Crippen LogP contribution in [-0.2, 0) is 61.6 Å². The Hall–Kier alpha value is -1.09. The van der Waals surface area contributed by atoms with Crippen molar-refractivity contribution in [3.05, 3.63) is 0 Å². The summed E-state index contributed by atoms with van der Waals surface area (Å²) in [6, 6.07) is 0. The number of hydrogen-bond donors (Lipinski definition) is 3. The molecule has 7 saturated heterocycles. The van der Waals surface area contributed by atoms with Gasteiger partial charge in [-0.3, -0.25) is 4.79 Å². The lowest BCUT2D eigenvalue weighted by molar-refractivity contribution is -0.372. The second kappa shape index (κ2) is 19.9. The number of rotatable bonds is 14. The van der Waals surface area contributed by atoms with Gasteiger partial charge < -0.3 is 72.2 Å². The molecule has 7 aliphatic rings. The maximum atomic E-state index is 12.3. The van der Waals surface area contributed by atoms with Gasteiger partial charge in [0.2, 0.25) is 5.79 Å². The summed E-state index contributed by atoms with van der Waals surface area (Å²) in [5.74, 6) is -7.19. The van der Waals surface area contributed by atoms with Gasteiger partial charge in [-0.05, 0) is 65.7 Å². The highest BCUT2D eigenvalue weighted by Crippen LogP contribution is 2.53. The highest BCUT2D eigenvalue weighted by molar-refractivity contribution is 5.71. The van der Waals surface area contributed by atoms with Gasteiger partial charge in [0.05, 0.1) is 73.2 Å². The zero-order chi connectivity index (χ0) is 45.8. The topological polar surface area (TPSA) is 189 Å². The maximum Gasteiger partial charge on any atom is 0.311 e. The molecule has 7 heterocycles. The molecular weight excluding hydrogens is 821 g/mol. The minimum absolute atomic E-state index is 0.00135. The standard InChI is InChI=1S/C47H80O16/c1-13-55-43-41(54-12)26(5)34(61-46(43,51)28(7)44(48)49)20-30-21-35(53-11)27(6)47(60-30)25(4)19-38(62-47)42-37(58-39-17-16-31(52-10)29(8)56-39)22-36(59-42)32-14-15-33(57-32)40-23(2)18-24(3)45(9,50)63-40/h23-43,50-51H,13-22H2,1-12H3,(H,48,49). The van der Waals surface area contributed by atoms with Gasteiger partial charge in [-0.2, -0.15) is 0 Å². The van der Waals surface area contributed by atoms with Gasteiger partial charge >= 0.3 is 5.97 Å². The van der Waals surface area contributed by atoms with Crippen molar-refractivity contribution in [2.24, 2.45) is 35.5 Å². The second-order valence-corrected chi connectivity index (χ2v) is 20.4. The summed E-state index contributed by atoms with van der Waals surface area (Å²) in [4.78, 5) is 12.3. The molecule has 24 atom stereocenters. The quantitative estimate of drug-likeness (QED) is 0.206. The summed E-state index contributed by atoms with van der Waals surface area (Å²) in [7, 11) is 4.96. The maximum absolute atomic E-state index is 12.3. The Morgan fingerprint density at radius 1 is 0.730 bits per heavy atom. The first-order chi connectivity index (χ1) is 29.8. The lowest BCUT2D eigenvalue weighted by Gasteiger charge is -2.53. The van der Waals surface area contributed by atoms with E-state index in [9.17, 15) is 20.1 Å². The molecule has 3 N–H and O–H groups in total. The first kappa shape index (κ1) is 49.8. The smallest absolute Gasteiger partial charge is 0.311 e. The summed E-state index contributed by atoms with van der Waals surface area (Å²) in [6.07, 6.45) is 0.511. The van der Waals surface area contributed by atoms with Crippen LogP contribution >= 0.6 is 0 Å². The van der Waals surface area contributed by atoms with Gasteiger partial charge in [0.1, 0.15) is 18.1 Å². The van der Waals surface area contributed by atoms with E-state index in [4.69, 9.17) is 56.8 Å². The fourth-order valence-electron chi connectivity index (χ4n) is 12.3. The van der Waals surface area contributed by atoms with Crippen LogP contribution in [0.25, 0.3) is 0 Å². The van der Waals surface area contributed by atoms with Crippen LogP contribution < -0.4 is 0 Å². The molecule has 16 heteroatoms.